The minimum atomic E-state index is -0.214. The van der Waals surface area contributed by atoms with Gasteiger partial charge >= 0.3 is 0 Å². The van der Waals surface area contributed by atoms with Crippen molar-refractivity contribution in [3.63, 3.8) is 0 Å². The Labute approximate surface area is 180 Å². The number of piperazine rings is 1. The van der Waals surface area contributed by atoms with Crippen LogP contribution in [0.4, 0.5) is 10.1 Å². The molecule has 5 nitrogen and oxygen atoms in total. The molecule has 0 saturated carbocycles. The van der Waals surface area contributed by atoms with Crippen molar-refractivity contribution in [2.75, 3.05) is 31.1 Å². The van der Waals surface area contributed by atoms with Gasteiger partial charge in [-0.05, 0) is 35.6 Å². The molecule has 2 fully saturated rings. The molecule has 2 aromatic rings. The predicted molar refractivity (Wildman–Crippen MR) is 120 cm³/mol. The summed E-state index contributed by atoms with van der Waals surface area (Å²) >= 11 is 1.58. The summed E-state index contributed by atoms with van der Waals surface area (Å²) in [4.78, 5) is 17.1. The van der Waals surface area contributed by atoms with Crippen molar-refractivity contribution < 1.29 is 9.18 Å². The number of thioether (sulfide) groups is 1. The number of amides is 1. The average Bonchev–Trinajstić information content (AvgIpc) is 3.19. The highest BCUT2D eigenvalue weighted by molar-refractivity contribution is 8.04. The number of hydrogen-bond acceptors (Lipinski definition) is 5. The molecule has 3 unspecified atom stereocenters. The van der Waals surface area contributed by atoms with Gasteiger partial charge in [-0.2, -0.15) is 0 Å². The van der Waals surface area contributed by atoms with Crippen molar-refractivity contribution in [1.29, 1.82) is 0 Å². The first-order valence-electron chi connectivity index (χ1n) is 10.3. The number of rotatable bonds is 3. The van der Waals surface area contributed by atoms with Crippen LogP contribution in [0, 0.1) is 12.7 Å². The topological polar surface area (TPSA) is 47.6 Å². The van der Waals surface area contributed by atoms with Gasteiger partial charge in [-0.1, -0.05) is 42.0 Å². The van der Waals surface area contributed by atoms with Crippen molar-refractivity contribution in [2.45, 2.75) is 24.5 Å². The van der Waals surface area contributed by atoms with E-state index in [9.17, 15) is 9.18 Å². The Morgan fingerprint density at radius 1 is 1.03 bits per heavy atom. The fraction of sp³-hybridized carbons (Fsp3) is 0.348. The van der Waals surface area contributed by atoms with E-state index in [0.717, 1.165) is 31.7 Å². The van der Waals surface area contributed by atoms with Crippen molar-refractivity contribution in [2.24, 2.45) is 0 Å². The molecular weight excluding hydrogens is 399 g/mol. The zero-order chi connectivity index (χ0) is 20.7. The van der Waals surface area contributed by atoms with E-state index >= 15 is 0 Å². The largest absolute Gasteiger partial charge is 0.367 e. The number of hydrogen-bond donors (Lipinski definition) is 2. The molecule has 3 heterocycles. The van der Waals surface area contributed by atoms with Gasteiger partial charge in [0.05, 0.1) is 11.7 Å². The fourth-order valence-corrected chi connectivity index (χ4v) is 5.55. The van der Waals surface area contributed by atoms with E-state index in [0.29, 0.717) is 5.69 Å². The van der Waals surface area contributed by atoms with Crippen LogP contribution < -0.4 is 15.5 Å². The van der Waals surface area contributed by atoms with E-state index in [1.165, 1.54) is 17.2 Å². The maximum absolute atomic E-state index is 14.1. The lowest BCUT2D eigenvalue weighted by Crippen LogP contribution is -2.69. The lowest BCUT2D eigenvalue weighted by atomic mass is 9.95. The standard InChI is InChI=1S/C23H25FN4OS/c1-15-6-8-16(9-7-15)17-14-30-21-20(17)25-23(26-22(21)29)28-12-10-27(11-13-28)19-5-3-2-4-18(19)24/h2-9,14,20-21,23,25H,10-13H2,1H3,(H,26,29). The van der Waals surface area contributed by atoms with Crippen LogP contribution in [0.15, 0.2) is 53.9 Å². The number of halogens is 1. The molecule has 2 N–H and O–H groups in total. The van der Waals surface area contributed by atoms with Gasteiger partial charge in [0.15, 0.2) is 0 Å². The van der Waals surface area contributed by atoms with Crippen LogP contribution in [-0.4, -0.2) is 54.6 Å². The summed E-state index contributed by atoms with van der Waals surface area (Å²) in [7, 11) is 0. The molecule has 7 heteroatoms. The number of carbonyl (C=O) groups excluding carboxylic acids is 1. The summed E-state index contributed by atoms with van der Waals surface area (Å²) < 4.78 is 14.1. The Bertz CT molecular complexity index is 971. The number of nitrogens with one attached hydrogen (secondary N) is 2. The normalized spacial score (nSPS) is 26.9. The fourth-order valence-electron chi connectivity index (χ4n) is 4.40. The molecule has 0 spiro atoms. The van der Waals surface area contributed by atoms with E-state index in [2.05, 4.69) is 57.0 Å². The quantitative estimate of drug-likeness (QED) is 0.794. The molecular formula is C23H25FN4OS. The van der Waals surface area contributed by atoms with Gasteiger partial charge in [-0.3, -0.25) is 15.0 Å². The third-order valence-corrected chi connectivity index (χ3v) is 7.28. The lowest BCUT2D eigenvalue weighted by molar-refractivity contribution is -0.125. The smallest absolute Gasteiger partial charge is 0.237 e. The van der Waals surface area contributed by atoms with Gasteiger partial charge in [0.1, 0.15) is 17.4 Å². The van der Waals surface area contributed by atoms with E-state index < -0.39 is 0 Å². The van der Waals surface area contributed by atoms with Gasteiger partial charge in [0, 0.05) is 26.2 Å². The van der Waals surface area contributed by atoms with Crippen LogP contribution in [0.25, 0.3) is 5.57 Å². The lowest BCUT2D eigenvalue weighted by Gasteiger charge is -2.44. The Morgan fingerprint density at radius 2 is 1.77 bits per heavy atom. The first kappa shape index (κ1) is 19.6. The van der Waals surface area contributed by atoms with E-state index in [4.69, 9.17) is 0 Å². The van der Waals surface area contributed by atoms with Gasteiger partial charge in [0.2, 0.25) is 5.91 Å². The Morgan fingerprint density at radius 3 is 2.50 bits per heavy atom. The highest BCUT2D eigenvalue weighted by Crippen LogP contribution is 2.38. The molecule has 30 heavy (non-hydrogen) atoms. The molecule has 1 amide bonds. The van der Waals surface area contributed by atoms with E-state index in [-0.39, 0.29) is 29.3 Å². The van der Waals surface area contributed by atoms with Gasteiger partial charge in [-0.25, -0.2) is 4.39 Å². The molecule has 0 aliphatic carbocycles. The summed E-state index contributed by atoms with van der Waals surface area (Å²) in [5.41, 5.74) is 4.21. The molecule has 3 atom stereocenters. The zero-order valence-electron chi connectivity index (χ0n) is 16.8. The Balaban J connectivity index is 1.28. The van der Waals surface area contributed by atoms with Crippen molar-refractivity contribution >= 4 is 28.9 Å². The van der Waals surface area contributed by atoms with E-state index in [1.54, 1.807) is 17.8 Å². The number of aryl methyl sites for hydroxylation is 1. The monoisotopic (exact) mass is 424 g/mol. The first-order valence-corrected chi connectivity index (χ1v) is 11.3. The number of benzene rings is 2. The molecule has 0 radical (unpaired) electrons. The van der Waals surface area contributed by atoms with Crippen LogP contribution in [0.5, 0.6) is 0 Å². The summed E-state index contributed by atoms with van der Waals surface area (Å²) in [6.07, 6.45) is -0.214. The minimum Gasteiger partial charge on any atom is -0.367 e. The SMILES string of the molecule is Cc1ccc(C2=CSC3C(=O)NC(N4CCN(c5ccccc5F)CC4)NC23)cc1. The van der Waals surface area contributed by atoms with Gasteiger partial charge in [-0.15, -0.1) is 11.8 Å². The second-order valence-electron chi connectivity index (χ2n) is 8.03. The second-order valence-corrected chi connectivity index (χ2v) is 9.04. The average molecular weight is 425 g/mol. The van der Waals surface area contributed by atoms with Gasteiger partial charge < -0.3 is 10.2 Å². The molecule has 2 saturated heterocycles. The molecule has 156 valence electrons. The Kier molecular flexibility index (Phi) is 5.26. The summed E-state index contributed by atoms with van der Waals surface area (Å²) in [5.74, 6) is -0.114. The zero-order valence-corrected chi connectivity index (χ0v) is 17.7. The third-order valence-electron chi connectivity index (χ3n) is 6.11. The summed E-state index contributed by atoms with van der Waals surface area (Å²) in [6.45, 7) is 5.02. The van der Waals surface area contributed by atoms with Crippen LogP contribution in [-0.2, 0) is 4.79 Å². The number of anilines is 1. The minimum absolute atomic E-state index is 0.0129. The molecule has 2 aromatic carbocycles. The summed E-state index contributed by atoms with van der Waals surface area (Å²) in [5, 5.41) is 8.77. The van der Waals surface area contributed by atoms with Crippen LogP contribution in [0.1, 0.15) is 11.1 Å². The molecule has 0 aromatic heterocycles. The summed E-state index contributed by atoms with van der Waals surface area (Å²) in [6, 6.07) is 15.4. The maximum atomic E-state index is 14.1. The van der Waals surface area contributed by atoms with Crippen molar-refractivity contribution in [1.82, 2.24) is 15.5 Å². The molecule has 3 aliphatic heterocycles. The number of carbonyl (C=O) groups is 1. The van der Waals surface area contributed by atoms with Gasteiger partial charge in [0.25, 0.3) is 0 Å². The highest BCUT2D eigenvalue weighted by atomic mass is 32.2. The second kappa shape index (κ2) is 8.06. The van der Waals surface area contributed by atoms with Crippen molar-refractivity contribution in [3.8, 4) is 0 Å². The number of fused-ring (bicyclic) bond motifs is 1. The van der Waals surface area contributed by atoms with Crippen LogP contribution >= 0.6 is 11.8 Å². The third kappa shape index (κ3) is 3.62. The number of nitrogens with zero attached hydrogens (tertiary/aromatic N) is 2. The maximum Gasteiger partial charge on any atom is 0.237 e. The molecule has 5 rings (SSSR count). The van der Waals surface area contributed by atoms with Crippen LogP contribution in [0.2, 0.25) is 0 Å². The first-order chi connectivity index (χ1) is 14.6. The highest BCUT2D eigenvalue weighted by Gasteiger charge is 2.43. The van der Waals surface area contributed by atoms with E-state index in [1.807, 2.05) is 12.1 Å². The molecule has 0 bridgehead atoms. The van der Waals surface area contributed by atoms with Crippen molar-refractivity contribution in [3.05, 3.63) is 70.9 Å². The number of para-hydroxylation sites is 1. The predicted octanol–water partition coefficient (Wildman–Crippen LogP) is 2.78. The van der Waals surface area contributed by atoms with Crippen LogP contribution in [0.3, 0.4) is 0 Å². The molecule has 3 aliphatic rings. The Hall–Kier alpha value is -2.35.